The summed E-state index contributed by atoms with van der Waals surface area (Å²) in [4.78, 5) is 17.5. The van der Waals surface area contributed by atoms with Gasteiger partial charge in [0, 0.05) is 22.9 Å². The molecular formula is C24H18N4O2. The van der Waals surface area contributed by atoms with E-state index in [0.717, 1.165) is 16.8 Å². The van der Waals surface area contributed by atoms with E-state index in [0.29, 0.717) is 33.9 Å². The molecule has 2 aromatic heterocycles. The maximum absolute atomic E-state index is 13.0. The lowest BCUT2D eigenvalue weighted by Gasteiger charge is -2.11. The van der Waals surface area contributed by atoms with Crippen LogP contribution in [-0.2, 0) is 0 Å². The molecule has 0 bridgehead atoms. The van der Waals surface area contributed by atoms with E-state index in [-0.39, 0.29) is 5.56 Å². The molecule has 0 saturated heterocycles. The number of hydrogen-bond donors (Lipinski definition) is 1. The molecule has 0 amide bonds. The van der Waals surface area contributed by atoms with Crippen LogP contribution in [-0.4, -0.2) is 14.7 Å². The van der Waals surface area contributed by atoms with Gasteiger partial charge in [-0.05, 0) is 43.3 Å². The Hall–Kier alpha value is -4.19. The third-order valence-corrected chi connectivity index (χ3v) is 5.05. The predicted molar refractivity (Wildman–Crippen MR) is 117 cm³/mol. The molecular weight excluding hydrogens is 376 g/mol. The summed E-state index contributed by atoms with van der Waals surface area (Å²) in [6.45, 7) is 1.83. The number of aromatic nitrogens is 3. The van der Waals surface area contributed by atoms with Gasteiger partial charge in [0.1, 0.15) is 11.5 Å². The first-order valence-corrected chi connectivity index (χ1v) is 9.52. The molecule has 0 fully saturated rings. The van der Waals surface area contributed by atoms with Gasteiger partial charge in [0.05, 0.1) is 16.6 Å². The number of hydrogen-bond acceptors (Lipinski definition) is 5. The fourth-order valence-electron chi connectivity index (χ4n) is 3.57. The van der Waals surface area contributed by atoms with E-state index in [4.69, 9.17) is 10.3 Å². The zero-order chi connectivity index (χ0) is 20.7. The Balaban J connectivity index is 1.52. The van der Waals surface area contributed by atoms with Crippen LogP contribution >= 0.6 is 0 Å². The first-order valence-electron chi connectivity index (χ1n) is 9.52. The highest BCUT2D eigenvalue weighted by atomic mass is 16.5. The van der Waals surface area contributed by atoms with Gasteiger partial charge >= 0.3 is 0 Å². The average molecular weight is 394 g/mol. The molecule has 0 unspecified atom stereocenters. The van der Waals surface area contributed by atoms with Gasteiger partial charge in [-0.2, -0.15) is 0 Å². The van der Waals surface area contributed by atoms with E-state index in [9.17, 15) is 4.79 Å². The van der Waals surface area contributed by atoms with Gasteiger partial charge < -0.3 is 10.3 Å². The van der Waals surface area contributed by atoms with Crippen molar-refractivity contribution in [3.63, 3.8) is 0 Å². The van der Waals surface area contributed by atoms with Gasteiger partial charge in [-0.15, -0.1) is 0 Å². The number of nitrogen functional groups attached to an aromatic ring is 1. The molecule has 0 saturated carbocycles. The Morgan fingerprint density at radius 2 is 1.70 bits per heavy atom. The second-order valence-corrected chi connectivity index (χ2v) is 7.07. The smallest absolute Gasteiger partial charge is 0.265 e. The van der Waals surface area contributed by atoms with Crippen molar-refractivity contribution in [3.05, 3.63) is 95.0 Å². The highest BCUT2D eigenvalue weighted by Gasteiger charge is 2.12. The van der Waals surface area contributed by atoms with Gasteiger partial charge in [0.2, 0.25) is 0 Å². The topological polar surface area (TPSA) is 86.9 Å². The quantitative estimate of drug-likeness (QED) is 0.452. The Morgan fingerprint density at radius 3 is 2.50 bits per heavy atom. The Labute approximate surface area is 172 Å². The van der Waals surface area contributed by atoms with Gasteiger partial charge in [-0.1, -0.05) is 41.6 Å². The molecule has 6 heteroatoms. The average Bonchev–Trinajstić information content (AvgIpc) is 3.25. The van der Waals surface area contributed by atoms with Crippen LogP contribution in [0.2, 0.25) is 0 Å². The first kappa shape index (κ1) is 17.9. The van der Waals surface area contributed by atoms with Crippen molar-refractivity contribution >= 4 is 16.6 Å². The van der Waals surface area contributed by atoms with Crippen molar-refractivity contribution in [2.24, 2.45) is 0 Å². The zero-order valence-electron chi connectivity index (χ0n) is 16.2. The van der Waals surface area contributed by atoms with Crippen molar-refractivity contribution in [1.29, 1.82) is 0 Å². The van der Waals surface area contributed by atoms with Crippen molar-refractivity contribution in [2.75, 3.05) is 5.73 Å². The second kappa shape index (κ2) is 7.00. The molecule has 0 aliphatic heterocycles. The van der Waals surface area contributed by atoms with E-state index >= 15 is 0 Å². The molecule has 0 aliphatic carbocycles. The zero-order valence-corrected chi connectivity index (χ0v) is 16.2. The largest absolute Gasteiger partial charge is 0.399 e. The molecule has 0 radical (unpaired) electrons. The lowest BCUT2D eigenvalue weighted by atomic mass is 10.1. The van der Waals surface area contributed by atoms with E-state index in [1.807, 2.05) is 79.7 Å². The lowest BCUT2D eigenvalue weighted by Crippen LogP contribution is -2.22. The van der Waals surface area contributed by atoms with Crippen molar-refractivity contribution in [1.82, 2.24) is 14.7 Å². The van der Waals surface area contributed by atoms with E-state index < -0.39 is 0 Å². The van der Waals surface area contributed by atoms with Crippen molar-refractivity contribution < 1.29 is 4.52 Å². The van der Waals surface area contributed by atoms with E-state index in [1.165, 1.54) is 0 Å². The number of fused-ring (bicyclic) bond motifs is 1. The Morgan fingerprint density at radius 1 is 0.900 bits per heavy atom. The maximum Gasteiger partial charge on any atom is 0.265 e. The van der Waals surface area contributed by atoms with Gasteiger partial charge in [0.25, 0.3) is 5.56 Å². The number of aryl methyl sites for hydroxylation is 1. The van der Waals surface area contributed by atoms with Gasteiger partial charge in [-0.3, -0.25) is 9.36 Å². The molecule has 0 aliphatic rings. The summed E-state index contributed by atoms with van der Waals surface area (Å²) < 4.78 is 7.11. The SMILES string of the molecule is Cc1nc2ccccc2c(=O)n1-c1ccc(-c2cc(-c3cccc(N)c3)on2)cc1. The van der Waals surface area contributed by atoms with Gasteiger partial charge in [-0.25, -0.2) is 4.98 Å². The third-order valence-electron chi connectivity index (χ3n) is 5.05. The normalized spacial score (nSPS) is 11.1. The summed E-state index contributed by atoms with van der Waals surface area (Å²) in [5.41, 5.74) is 10.3. The standard InChI is InChI=1S/C24H18N4O2/c1-15-26-21-8-3-2-7-20(21)24(29)28(15)19-11-9-16(10-12-19)22-14-23(30-27-22)17-5-4-6-18(25)13-17/h2-14H,25H2,1H3. The Kier molecular flexibility index (Phi) is 4.17. The monoisotopic (exact) mass is 394 g/mol. The molecule has 6 nitrogen and oxygen atoms in total. The molecule has 30 heavy (non-hydrogen) atoms. The molecule has 2 N–H and O–H groups in total. The summed E-state index contributed by atoms with van der Waals surface area (Å²) in [7, 11) is 0. The number of anilines is 1. The highest BCUT2D eigenvalue weighted by Crippen LogP contribution is 2.27. The molecule has 146 valence electrons. The van der Waals surface area contributed by atoms with Crippen LogP contribution in [0.3, 0.4) is 0 Å². The molecule has 3 aromatic carbocycles. The summed E-state index contributed by atoms with van der Waals surface area (Å²) in [6.07, 6.45) is 0. The highest BCUT2D eigenvalue weighted by molar-refractivity contribution is 5.78. The minimum Gasteiger partial charge on any atom is -0.399 e. The van der Waals surface area contributed by atoms with Crippen LogP contribution in [0, 0.1) is 6.92 Å². The molecule has 0 spiro atoms. The summed E-state index contributed by atoms with van der Waals surface area (Å²) in [5.74, 6) is 1.28. The second-order valence-electron chi connectivity index (χ2n) is 7.07. The molecule has 2 heterocycles. The minimum atomic E-state index is -0.0868. The molecule has 5 aromatic rings. The fraction of sp³-hybridized carbons (Fsp3) is 0.0417. The number of benzene rings is 3. The van der Waals surface area contributed by atoms with Gasteiger partial charge in [0.15, 0.2) is 5.76 Å². The number of nitrogens with zero attached hydrogens (tertiary/aromatic N) is 3. The number of rotatable bonds is 3. The lowest BCUT2D eigenvalue weighted by molar-refractivity contribution is 0.435. The number of nitrogens with two attached hydrogens (primary N) is 1. The summed E-state index contributed by atoms with van der Waals surface area (Å²) in [6, 6.07) is 24.3. The summed E-state index contributed by atoms with van der Waals surface area (Å²) in [5, 5.41) is 4.77. The minimum absolute atomic E-state index is 0.0868. The first-order chi connectivity index (χ1) is 14.6. The van der Waals surface area contributed by atoms with E-state index in [1.54, 1.807) is 10.6 Å². The van der Waals surface area contributed by atoms with Crippen LogP contribution in [0.1, 0.15) is 5.82 Å². The van der Waals surface area contributed by atoms with Crippen molar-refractivity contribution in [3.8, 4) is 28.3 Å². The van der Waals surface area contributed by atoms with E-state index in [2.05, 4.69) is 10.1 Å². The predicted octanol–water partition coefficient (Wildman–Crippen LogP) is 4.60. The Bertz CT molecular complexity index is 1430. The molecule has 5 rings (SSSR count). The summed E-state index contributed by atoms with van der Waals surface area (Å²) >= 11 is 0. The fourth-order valence-corrected chi connectivity index (χ4v) is 3.57. The third kappa shape index (κ3) is 3.04. The van der Waals surface area contributed by atoms with Crippen LogP contribution in [0.15, 0.2) is 88.2 Å². The van der Waals surface area contributed by atoms with Crippen LogP contribution in [0.25, 0.3) is 39.2 Å². The van der Waals surface area contributed by atoms with Crippen LogP contribution in [0.5, 0.6) is 0 Å². The van der Waals surface area contributed by atoms with Crippen LogP contribution < -0.4 is 11.3 Å². The number of para-hydroxylation sites is 1. The van der Waals surface area contributed by atoms with Crippen molar-refractivity contribution in [2.45, 2.75) is 6.92 Å². The maximum atomic E-state index is 13.0. The van der Waals surface area contributed by atoms with Crippen LogP contribution in [0.4, 0.5) is 5.69 Å². The molecule has 0 atom stereocenters.